The molecule has 0 aromatic rings. The molecule has 0 spiro atoms. The predicted octanol–water partition coefficient (Wildman–Crippen LogP) is -1.85. The summed E-state index contributed by atoms with van der Waals surface area (Å²) in [6, 6.07) is -0.806. The van der Waals surface area contributed by atoms with Gasteiger partial charge in [-0.05, 0) is 25.8 Å². The Balaban J connectivity index is 3.80. The van der Waals surface area contributed by atoms with Crippen LogP contribution in [0.2, 0.25) is 0 Å². The second-order valence-electron chi connectivity index (χ2n) is 3.53. The van der Waals surface area contributed by atoms with E-state index in [-0.39, 0.29) is 12.8 Å². The zero-order valence-corrected chi connectivity index (χ0v) is 9.22. The average Bonchev–Trinajstić information content (AvgIpc) is 2.22. The molecular formula is C9H20N4O3. The molecule has 0 aliphatic heterocycles. The summed E-state index contributed by atoms with van der Waals surface area (Å²) in [6.07, 6.45) is 0.697. The van der Waals surface area contributed by atoms with Crippen LogP contribution < -0.4 is 22.9 Å². The Kier molecular flexibility index (Phi) is 7.65. The molecule has 0 saturated heterocycles. The molecule has 0 rings (SSSR count). The standard InChI is InChI=1S/C9H20N4O3/c10-5-1-2-6(11)9(15)16-8(14)4-3-7(12)13/h6-7H,1-5,10-13H2/t6-/m1/s1. The Hall–Kier alpha value is -1.02. The summed E-state index contributed by atoms with van der Waals surface area (Å²) in [5, 5.41) is 0. The van der Waals surface area contributed by atoms with Gasteiger partial charge in [0.05, 0.1) is 6.17 Å². The van der Waals surface area contributed by atoms with Crippen molar-refractivity contribution in [3.63, 3.8) is 0 Å². The molecule has 0 radical (unpaired) electrons. The van der Waals surface area contributed by atoms with E-state index in [2.05, 4.69) is 4.74 Å². The maximum Gasteiger partial charge on any atom is 0.330 e. The third-order valence-electron chi connectivity index (χ3n) is 1.92. The van der Waals surface area contributed by atoms with Crippen molar-refractivity contribution in [1.82, 2.24) is 0 Å². The van der Waals surface area contributed by atoms with Crippen molar-refractivity contribution in [2.45, 2.75) is 37.9 Å². The fraction of sp³-hybridized carbons (Fsp3) is 0.778. The van der Waals surface area contributed by atoms with E-state index in [0.29, 0.717) is 19.4 Å². The molecule has 16 heavy (non-hydrogen) atoms. The highest BCUT2D eigenvalue weighted by Crippen LogP contribution is 1.99. The lowest BCUT2D eigenvalue weighted by molar-refractivity contribution is -0.160. The molecule has 94 valence electrons. The molecule has 0 fully saturated rings. The molecule has 8 N–H and O–H groups in total. The van der Waals surface area contributed by atoms with Crippen molar-refractivity contribution in [3.8, 4) is 0 Å². The first-order valence-corrected chi connectivity index (χ1v) is 5.18. The molecule has 0 amide bonds. The molecule has 0 unspecified atom stereocenters. The first kappa shape index (κ1) is 15.0. The third-order valence-corrected chi connectivity index (χ3v) is 1.92. The van der Waals surface area contributed by atoms with E-state index in [4.69, 9.17) is 22.9 Å². The normalized spacial score (nSPS) is 12.6. The van der Waals surface area contributed by atoms with Gasteiger partial charge in [-0.3, -0.25) is 4.79 Å². The molecule has 0 saturated carbocycles. The first-order valence-electron chi connectivity index (χ1n) is 5.18. The minimum Gasteiger partial charge on any atom is -0.392 e. The van der Waals surface area contributed by atoms with Gasteiger partial charge in [0.1, 0.15) is 6.04 Å². The van der Waals surface area contributed by atoms with Crippen LogP contribution in [-0.2, 0) is 14.3 Å². The number of ether oxygens (including phenoxy) is 1. The highest BCUT2D eigenvalue weighted by Gasteiger charge is 2.18. The molecular weight excluding hydrogens is 212 g/mol. The molecule has 0 aliphatic rings. The zero-order valence-electron chi connectivity index (χ0n) is 9.22. The largest absolute Gasteiger partial charge is 0.392 e. The van der Waals surface area contributed by atoms with Crippen LogP contribution in [0.5, 0.6) is 0 Å². The minimum atomic E-state index is -0.806. The number of hydrogen-bond acceptors (Lipinski definition) is 7. The summed E-state index contributed by atoms with van der Waals surface area (Å²) in [7, 11) is 0. The third kappa shape index (κ3) is 7.30. The van der Waals surface area contributed by atoms with Crippen LogP contribution >= 0.6 is 0 Å². The van der Waals surface area contributed by atoms with Gasteiger partial charge in [-0.25, -0.2) is 4.79 Å². The van der Waals surface area contributed by atoms with Crippen LogP contribution in [0.15, 0.2) is 0 Å². The van der Waals surface area contributed by atoms with Gasteiger partial charge in [0.2, 0.25) is 0 Å². The van der Waals surface area contributed by atoms with E-state index in [1.807, 2.05) is 0 Å². The summed E-state index contributed by atoms with van der Waals surface area (Å²) in [5.74, 6) is -1.39. The lowest BCUT2D eigenvalue weighted by atomic mass is 10.2. The summed E-state index contributed by atoms with van der Waals surface area (Å²) in [6.45, 7) is 0.441. The Labute approximate surface area is 94.5 Å². The van der Waals surface area contributed by atoms with Gasteiger partial charge in [-0.15, -0.1) is 0 Å². The van der Waals surface area contributed by atoms with Crippen LogP contribution in [0, 0.1) is 0 Å². The van der Waals surface area contributed by atoms with E-state index in [9.17, 15) is 9.59 Å². The SMILES string of the molecule is NCCC[C@@H](N)C(=O)OC(=O)CCC(N)N. The van der Waals surface area contributed by atoms with Gasteiger partial charge >= 0.3 is 11.9 Å². The van der Waals surface area contributed by atoms with Crippen molar-refractivity contribution in [2.75, 3.05) is 6.54 Å². The summed E-state index contributed by atoms with van der Waals surface area (Å²) in [4.78, 5) is 22.3. The van der Waals surface area contributed by atoms with E-state index in [0.717, 1.165) is 0 Å². The summed E-state index contributed by atoms with van der Waals surface area (Å²) < 4.78 is 4.50. The van der Waals surface area contributed by atoms with Crippen LogP contribution in [0.4, 0.5) is 0 Å². The van der Waals surface area contributed by atoms with Crippen LogP contribution in [0.25, 0.3) is 0 Å². The maximum absolute atomic E-state index is 11.2. The molecule has 7 heteroatoms. The zero-order chi connectivity index (χ0) is 12.6. The number of carbonyl (C=O) groups is 2. The summed E-state index contributed by atoms with van der Waals surface area (Å²) >= 11 is 0. The lowest BCUT2D eigenvalue weighted by Crippen LogP contribution is -2.35. The van der Waals surface area contributed by atoms with Crippen LogP contribution in [-0.4, -0.2) is 30.7 Å². The fourth-order valence-corrected chi connectivity index (χ4v) is 0.979. The van der Waals surface area contributed by atoms with Crippen LogP contribution in [0.3, 0.4) is 0 Å². The number of rotatable bonds is 7. The Morgan fingerprint density at radius 2 is 1.75 bits per heavy atom. The number of carbonyl (C=O) groups excluding carboxylic acids is 2. The Morgan fingerprint density at radius 1 is 1.12 bits per heavy atom. The van der Waals surface area contributed by atoms with E-state index in [1.54, 1.807) is 0 Å². The number of hydrogen-bond donors (Lipinski definition) is 4. The second kappa shape index (κ2) is 8.17. The quantitative estimate of drug-likeness (QED) is 0.229. The van der Waals surface area contributed by atoms with Gasteiger partial charge in [-0.1, -0.05) is 0 Å². The maximum atomic E-state index is 11.2. The average molecular weight is 232 g/mol. The first-order chi connectivity index (χ1) is 7.47. The minimum absolute atomic E-state index is 0.00696. The van der Waals surface area contributed by atoms with Gasteiger partial charge < -0.3 is 27.7 Å². The Bertz CT molecular complexity index is 233. The fourth-order valence-electron chi connectivity index (χ4n) is 0.979. The van der Waals surface area contributed by atoms with E-state index >= 15 is 0 Å². The van der Waals surface area contributed by atoms with Gasteiger partial charge in [-0.2, -0.15) is 0 Å². The van der Waals surface area contributed by atoms with Crippen molar-refractivity contribution < 1.29 is 14.3 Å². The van der Waals surface area contributed by atoms with Gasteiger partial charge in [0, 0.05) is 6.42 Å². The lowest BCUT2D eigenvalue weighted by Gasteiger charge is -2.10. The van der Waals surface area contributed by atoms with Crippen molar-refractivity contribution in [3.05, 3.63) is 0 Å². The second-order valence-corrected chi connectivity index (χ2v) is 3.53. The van der Waals surface area contributed by atoms with Gasteiger partial charge in [0.15, 0.2) is 0 Å². The monoisotopic (exact) mass is 232 g/mol. The van der Waals surface area contributed by atoms with Crippen LogP contribution in [0.1, 0.15) is 25.7 Å². The molecule has 0 bridgehead atoms. The highest BCUT2D eigenvalue weighted by atomic mass is 16.6. The van der Waals surface area contributed by atoms with Crippen molar-refractivity contribution in [2.24, 2.45) is 22.9 Å². The predicted molar refractivity (Wildman–Crippen MR) is 58.8 cm³/mol. The molecule has 1 atom stereocenters. The Morgan fingerprint density at radius 3 is 2.25 bits per heavy atom. The van der Waals surface area contributed by atoms with E-state index in [1.165, 1.54) is 0 Å². The molecule has 0 heterocycles. The molecule has 7 nitrogen and oxygen atoms in total. The number of esters is 2. The molecule has 0 aromatic carbocycles. The molecule has 0 aromatic heterocycles. The van der Waals surface area contributed by atoms with Crippen molar-refractivity contribution in [1.29, 1.82) is 0 Å². The van der Waals surface area contributed by atoms with Crippen molar-refractivity contribution >= 4 is 11.9 Å². The highest BCUT2D eigenvalue weighted by molar-refractivity contribution is 5.88. The smallest absolute Gasteiger partial charge is 0.330 e. The topological polar surface area (TPSA) is 147 Å². The summed E-state index contributed by atoms with van der Waals surface area (Å²) in [5.41, 5.74) is 21.2. The van der Waals surface area contributed by atoms with Gasteiger partial charge in [0.25, 0.3) is 0 Å². The number of nitrogens with two attached hydrogens (primary N) is 4. The van der Waals surface area contributed by atoms with E-state index < -0.39 is 24.1 Å². The molecule has 0 aliphatic carbocycles.